The third-order valence-corrected chi connectivity index (χ3v) is 5.48. The molecule has 0 radical (unpaired) electrons. The number of likely N-dealkylation sites (tertiary alicyclic amines) is 1. The predicted molar refractivity (Wildman–Crippen MR) is 112 cm³/mol. The third kappa shape index (κ3) is 5.54. The Kier molecular flexibility index (Phi) is 7.25. The lowest BCUT2D eigenvalue weighted by Crippen LogP contribution is -2.47. The maximum atomic E-state index is 6.06. The van der Waals surface area contributed by atoms with Gasteiger partial charge in [0, 0.05) is 45.9 Å². The number of nitrogens with one attached hydrogen (secondary N) is 1. The summed E-state index contributed by atoms with van der Waals surface area (Å²) < 4.78 is 17.0. The minimum Gasteiger partial charge on any atom is -0.376 e. The van der Waals surface area contributed by atoms with E-state index in [1.54, 1.807) is 6.20 Å². The predicted octanol–water partition coefficient (Wildman–Crippen LogP) is 1.91. The van der Waals surface area contributed by atoms with Crippen LogP contribution < -0.4 is 5.32 Å². The molecule has 2 saturated heterocycles. The van der Waals surface area contributed by atoms with Crippen LogP contribution in [0.25, 0.3) is 11.6 Å². The molecular weight excluding hydrogens is 384 g/mol. The van der Waals surface area contributed by atoms with Crippen molar-refractivity contribution in [3.8, 4) is 11.6 Å². The second kappa shape index (κ2) is 10.5. The SMILES string of the molecule is CN=C(NCCc1noc(-c2ccccn2)n1)N1CCC(OCC2CCCO2)CC1. The fourth-order valence-corrected chi connectivity index (χ4v) is 3.82. The number of guanidine groups is 1. The number of pyridine rings is 1. The summed E-state index contributed by atoms with van der Waals surface area (Å²) in [5.74, 6) is 2.00. The van der Waals surface area contributed by atoms with E-state index in [0.717, 1.165) is 57.9 Å². The highest BCUT2D eigenvalue weighted by molar-refractivity contribution is 5.79. The molecule has 9 heteroatoms. The molecule has 1 N–H and O–H groups in total. The van der Waals surface area contributed by atoms with Crippen LogP contribution in [-0.4, -0.2) is 78.1 Å². The molecule has 2 aromatic heterocycles. The van der Waals surface area contributed by atoms with Crippen molar-refractivity contribution in [3.63, 3.8) is 0 Å². The number of rotatable bonds is 7. The highest BCUT2D eigenvalue weighted by atomic mass is 16.5. The summed E-state index contributed by atoms with van der Waals surface area (Å²) in [5.41, 5.74) is 0.685. The number of ether oxygens (including phenoxy) is 2. The summed E-state index contributed by atoms with van der Waals surface area (Å²) in [5, 5.41) is 7.45. The van der Waals surface area contributed by atoms with Gasteiger partial charge in [0.2, 0.25) is 0 Å². The van der Waals surface area contributed by atoms with Gasteiger partial charge in [-0.25, -0.2) is 0 Å². The average Bonchev–Trinajstić information content (AvgIpc) is 3.49. The van der Waals surface area contributed by atoms with E-state index < -0.39 is 0 Å². The fraction of sp³-hybridized carbons (Fsp3) is 0.619. The van der Waals surface area contributed by atoms with E-state index >= 15 is 0 Å². The van der Waals surface area contributed by atoms with E-state index in [9.17, 15) is 0 Å². The van der Waals surface area contributed by atoms with Crippen molar-refractivity contribution in [1.82, 2.24) is 25.3 Å². The standard InChI is InChI=1S/C21H30N6O3/c1-22-21(27-12-8-16(9-13-27)29-15-17-5-4-14-28-17)24-11-7-19-25-20(30-26-19)18-6-2-3-10-23-18/h2-3,6,10,16-17H,4-5,7-9,11-15H2,1H3,(H,22,24). The molecule has 1 atom stereocenters. The molecule has 2 aliphatic heterocycles. The lowest BCUT2D eigenvalue weighted by Gasteiger charge is -2.34. The second-order valence-electron chi connectivity index (χ2n) is 7.61. The Morgan fingerprint density at radius 2 is 2.20 bits per heavy atom. The van der Waals surface area contributed by atoms with Crippen LogP contribution in [0.2, 0.25) is 0 Å². The minimum absolute atomic E-state index is 0.292. The number of hydrogen-bond donors (Lipinski definition) is 1. The first-order chi connectivity index (χ1) is 14.8. The maximum absolute atomic E-state index is 6.06. The van der Waals surface area contributed by atoms with E-state index in [0.29, 0.717) is 42.6 Å². The van der Waals surface area contributed by atoms with Gasteiger partial charge in [-0.3, -0.25) is 9.98 Å². The van der Waals surface area contributed by atoms with Gasteiger partial charge in [0.05, 0.1) is 18.8 Å². The quantitative estimate of drug-likeness (QED) is 0.542. The van der Waals surface area contributed by atoms with Crippen molar-refractivity contribution in [2.45, 2.75) is 44.3 Å². The van der Waals surface area contributed by atoms with Gasteiger partial charge >= 0.3 is 0 Å². The van der Waals surface area contributed by atoms with Crippen LogP contribution in [-0.2, 0) is 15.9 Å². The fourth-order valence-electron chi connectivity index (χ4n) is 3.82. The molecular formula is C21H30N6O3. The Bertz CT molecular complexity index is 798. The van der Waals surface area contributed by atoms with Crippen molar-refractivity contribution in [2.24, 2.45) is 4.99 Å². The summed E-state index contributed by atoms with van der Waals surface area (Å²) in [4.78, 5) is 15.4. The van der Waals surface area contributed by atoms with Crippen LogP contribution in [0.15, 0.2) is 33.9 Å². The highest BCUT2D eigenvalue weighted by Gasteiger charge is 2.24. The molecule has 0 spiro atoms. The van der Waals surface area contributed by atoms with Gasteiger partial charge in [0.1, 0.15) is 5.69 Å². The Morgan fingerprint density at radius 1 is 1.30 bits per heavy atom. The van der Waals surface area contributed by atoms with Crippen molar-refractivity contribution in [3.05, 3.63) is 30.2 Å². The summed E-state index contributed by atoms with van der Waals surface area (Å²) >= 11 is 0. The lowest BCUT2D eigenvalue weighted by atomic mass is 10.1. The number of nitrogens with zero attached hydrogens (tertiary/aromatic N) is 5. The van der Waals surface area contributed by atoms with Crippen LogP contribution in [0.3, 0.4) is 0 Å². The molecule has 2 aromatic rings. The van der Waals surface area contributed by atoms with Gasteiger partial charge in [-0.15, -0.1) is 0 Å². The third-order valence-electron chi connectivity index (χ3n) is 5.48. The number of aromatic nitrogens is 3. The topological polar surface area (TPSA) is 97.9 Å². The molecule has 4 rings (SSSR count). The van der Waals surface area contributed by atoms with E-state index in [-0.39, 0.29) is 0 Å². The zero-order chi connectivity index (χ0) is 20.6. The Morgan fingerprint density at radius 3 is 2.93 bits per heavy atom. The molecule has 4 heterocycles. The van der Waals surface area contributed by atoms with Crippen LogP contribution in [0.5, 0.6) is 0 Å². The van der Waals surface area contributed by atoms with Crippen molar-refractivity contribution in [1.29, 1.82) is 0 Å². The van der Waals surface area contributed by atoms with Crippen molar-refractivity contribution in [2.75, 3.05) is 39.9 Å². The Hall–Kier alpha value is -2.52. The largest absolute Gasteiger partial charge is 0.376 e. The van der Waals surface area contributed by atoms with E-state index in [2.05, 4.69) is 30.3 Å². The average molecular weight is 415 g/mol. The molecule has 0 aliphatic carbocycles. The first-order valence-electron chi connectivity index (χ1n) is 10.7. The van der Waals surface area contributed by atoms with Gasteiger partial charge in [-0.05, 0) is 37.8 Å². The smallest absolute Gasteiger partial charge is 0.276 e. The number of piperidine rings is 1. The molecule has 0 saturated carbocycles. The number of aliphatic imine (C=N–C) groups is 1. The minimum atomic E-state index is 0.292. The monoisotopic (exact) mass is 414 g/mol. The highest BCUT2D eigenvalue weighted by Crippen LogP contribution is 2.18. The molecule has 0 amide bonds. The van der Waals surface area contributed by atoms with Crippen LogP contribution >= 0.6 is 0 Å². The van der Waals surface area contributed by atoms with Gasteiger partial charge in [0.15, 0.2) is 11.8 Å². The second-order valence-corrected chi connectivity index (χ2v) is 7.61. The molecule has 9 nitrogen and oxygen atoms in total. The number of hydrogen-bond acceptors (Lipinski definition) is 7. The summed E-state index contributed by atoms with van der Waals surface area (Å²) in [7, 11) is 1.82. The van der Waals surface area contributed by atoms with Gasteiger partial charge in [-0.1, -0.05) is 11.2 Å². The van der Waals surface area contributed by atoms with Crippen molar-refractivity contribution < 1.29 is 14.0 Å². The molecule has 2 aliphatic rings. The van der Waals surface area contributed by atoms with Gasteiger partial charge in [0.25, 0.3) is 5.89 Å². The zero-order valence-electron chi connectivity index (χ0n) is 17.5. The van der Waals surface area contributed by atoms with E-state index in [1.807, 2.05) is 25.2 Å². The molecule has 0 bridgehead atoms. The summed E-state index contributed by atoms with van der Waals surface area (Å²) in [6.07, 6.45) is 7.26. The maximum Gasteiger partial charge on any atom is 0.276 e. The molecule has 1 unspecified atom stereocenters. The molecule has 0 aromatic carbocycles. The molecule has 30 heavy (non-hydrogen) atoms. The lowest BCUT2D eigenvalue weighted by molar-refractivity contribution is -0.0367. The zero-order valence-corrected chi connectivity index (χ0v) is 17.5. The van der Waals surface area contributed by atoms with Crippen LogP contribution in [0.1, 0.15) is 31.5 Å². The van der Waals surface area contributed by atoms with Crippen LogP contribution in [0, 0.1) is 0 Å². The van der Waals surface area contributed by atoms with Crippen LogP contribution in [0.4, 0.5) is 0 Å². The summed E-state index contributed by atoms with van der Waals surface area (Å²) in [6, 6.07) is 5.61. The summed E-state index contributed by atoms with van der Waals surface area (Å²) in [6.45, 7) is 4.15. The molecule has 162 valence electrons. The van der Waals surface area contributed by atoms with E-state index in [4.69, 9.17) is 14.0 Å². The van der Waals surface area contributed by atoms with Gasteiger partial charge < -0.3 is 24.2 Å². The van der Waals surface area contributed by atoms with E-state index in [1.165, 1.54) is 0 Å². The van der Waals surface area contributed by atoms with Gasteiger partial charge in [-0.2, -0.15) is 4.98 Å². The molecule has 2 fully saturated rings. The van der Waals surface area contributed by atoms with Crippen molar-refractivity contribution >= 4 is 5.96 Å². The first kappa shape index (κ1) is 20.7. The normalized spacial score (nSPS) is 20.6. The Balaban J connectivity index is 1.18. The Labute approximate surface area is 176 Å². The first-order valence-corrected chi connectivity index (χ1v) is 10.7.